The first-order valence-electron chi connectivity index (χ1n) is 10.9. The fourth-order valence-electron chi connectivity index (χ4n) is 3.41. The highest BCUT2D eigenvalue weighted by Gasteiger charge is 2.19. The summed E-state index contributed by atoms with van der Waals surface area (Å²) in [6, 6.07) is 14.4. The summed E-state index contributed by atoms with van der Waals surface area (Å²) in [7, 11) is 0. The fourth-order valence-corrected chi connectivity index (χ4v) is 3.41. The number of benzene rings is 2. The number of nitrogens with one attached hydrogen (secondary N) is 3. The number of amides is 2. The van der Waals surface area contributed by atoms with Crippen LogP contribution in [-0.2, 0) is 22.5 Å². The highest BCUT2D eigenvalue weighted by atomic mass is 16.6. The molecule has 0 unspecified atom stereocenters. The Morgan fingerprint density at radius 1 is 1.03 bits per heavy atom. The number of carboxylic acid groups (broad SMARTS) is 1. The maximum Gasteiger partial charge on any atom is 0.411 e. The van der Waals surface area contributed by atoms with Crippen LogP contribution in [0.3, 0.4) is 0 Å². The second-order valence-electron chi connectivity index (χ2n) is 8.76. The maximum atomic E-state index is 12.2. The van der Waals surface area contributed by atoms with Gasteiger partial charge in [0.25, 0.3) is 0 Å². The lowest BCUT2D eigenvalue weighted by Crippen LogP contribution is -2.33. The van der Waals surface area contributed by atoms with E-state index in [4.69, 9.17) is 9.47 Å². The predicted octanol–water partition coefficient (Wildman–Crippen LogP) is 5.07. The molecule has 0 saturated heterocycles. The zero-order valence-corrected chi connectivity index (χ0v) is 19.4. The largest absolute Gasteiger partial charge is 0.477 e. The van der Waals surface area contributed by atoms with Crippen LogP contribution < -0.4 is 10.6 Å². The summed E-state index contributed by atoms with van der Waals surface area (Å²) < 4.78 is 10.5. The first-order chi connectivity index (χ1) is 16.1. The monoisotopic (exact) mass is 467 g/mol. The molecule has 0 saturated carbocycles. The molecule has 3 rings (SSSR count). The molecule has 0 aliphatic heterocycles. The van der Waals surface area contributed by atoms with Crippen LogP contribution in [0.1, 0.15) is 48.8 Å². The molecule has 9 nitrogen and oxygen atoms in total. The Bertz CT molecular complexity index is 1160. The Morgan fingerprint density at radius 3 is 2.44 bits per heavy atom. The Hall–Kier alpha value is -4.01. The molecule has 0 fully saturated rings. The van der Waals surface area contributed by atoms with Crippen molar-refractivity contribution in [1.82, 2.24) is 10.3 Å². The van der Waals surface area contributed by atoms with Gasteiger partial charge in [0.05, 0.1) is 0 Å². The number of carboxylic acids is 1. The summed E-state index contributed by atoms with van der Waals surface area (Å²) in [5.41, 5.74) is 2.06. The third-order valence-corrected chi connectivity index (χ3v) is 4.85. The van der Waals surface area contributed by atoms with Crippen molar-refractivity contribution in [1.29, 1.82) is 0 Å². The number of carbonyl (C=O) groups excluding carboxylic acids is 2. The van der Waals surface area contributed by atoms with Crippen molar-refractivity contribution >= 4 is 34.7 Å². The average Bonchev–Trinajstić information content (AvgIpc) is 3.13. The number of hydrogen-bond acceptors (Lipinski definition) is 5. The highest BCUT2D eigenvalue weighted by Crippen LogP contribution is 2.27. The molecular formula is C25H29N3O6. The van der Waals surface area contributed by atoms with Crippen LogP contribution in [0.25, 0.3) is 10.9 Å². The van der Waals surface area contributed by atoms with Gasteiger partial charge in [-0.25, -0.2) is 14.4 Å². The smallest absolute Gasteiger partial charge is 0.411 e. The first-order valence-corrected chi connectivity index (χ1v) is 10.9. The number of H-pyrrole nitrogens is 1. The standard InChI is InChI=1S/C25H29N3O6/c1-25(2,3)34-23(31)26-13-7-10-18-19-14-17(11-12-20(19)28-21(18)22(29)30)27-24(32)33-15-16-8-5-4-6-9-16/h4-6,8-9,11-12,14,28H,7,10,13,15H2,1-3H3,(H,26,31)(H,27,32)(H,29,30). The summed E-state index contributed by atoms with van der Waals surface area (Å²) in [5.74, 6) is -1.08. The van der Waals surface area contributed by atoms with E-state index in [2.05, 4.69) is 15.6 Å². The third-order valence-electron chi connectivity index (χ3n) is 4.85. The van der Waals surface area contributed by atoms with Gasteiger partial charge in [-0.3, -0.25) is 5.32 Å². The lowest BCUT2D eigenvalue weighted by atomic mass is 10.0. The van der Waals surface area contributed by atoms with Gasteiger partial charge in [0.1, 0.15) is 17.9 Å². The van der Waals surface area contributed by atoms with Gasteiger partial charge in [0, 0.05) is 23.1 Å². The number of hydrogen-bond donors (Lipinski definition) is 4. The van der Waals surface area contributed by atoms with Crippen LogP contribution >= 0.6 is 0 Å². The molecule has 0 aliphatic carbocycles. The van der Waals surface area contributed by atoms with Crippen LogP contribution in [0, 0.1) is 0 Å². The molecule has 0 spiro atoms. The molecule has 2 amide bonds. The van der Waals surface area contributed by atoms with Crippen LogP contribution in [0.15, 0.2) is 48.5 Å². The van der Waals surface area contributed by atoms with Crippen molar-refractivity contribution in [3.05, 3.63) is 65.4 Å². The number of rotatable bonds is 8. The molecule has 0 bridgehead atoms. The summed E-state index contributed by atoms with van der Waals surface area (Å²) in [4.78, 5) is 38.7. The number of carbonyl (C=O) groups is 3. The Balaban J connectivity index is 1.66. The number of aromatic carboxylic acids is 1. The van der Waals surface area contributed by atoms with Gasteiger partial charge in [-0.1, -0.05) is 30.3 Å². The lowest BCUT2D eigenvalue weighted by Gasteiger charge is -2.19. The Labute approximate surface area is 197 Å². The van der Waals surface area contributed by atoms with Crippen molar-refractivity contribution in [3.63, 3.8) is 0 Å². The molecular weight excluding hydrogens is 438 g/mol. The predicted molar refractivity (Wildman–Crippen MR) is 128 cm³/mol. The van der Waals surface area contributed by atoms with Gasteiger partial charge in [0.2, 0.25) is 0 Å². The second kappa shape index (κ2) is 10.7. The molecule has 0 aliphatic rings. The van der Waals surface area contributed by atoms with E-state index < -0.39 is 23.8 Å². The molecule has 9 heteroatoms. The van der Waals surface area contributed by atoms with Crippen molar-refractivity contribution in [3.8, 4) is 0 Å². The number of ether oxygens (including phenoxy) is 2. The fraction of sp³-hybridized carbons (Fsp3) is 0.320. The van der Waals surface area contributed by atoms with Crippen LogP contribution in [0.2, 0.25) is 0 Å². The summed E-state index contributed by atoms with van der Waals surface area (Å²) in [6.45, 7) is 5.80. The SMILES string of the molecule is CC(C)(C)OC(=O)NCCCc1c(C(=O)O)[nH]c2ccc(NC(=O)OCc3ccccc3)cc12. The van der Waals surface area contributed by atoms with E-state index in [1.54, 1.807) is 39.0 Å². The number of aromatic amines is 1. The molecule has 180 valence electrons. The van der Waals surface area contributed by atoms with Crippen molar-refractivity contribution in [2.24, 2.45) is 0 Å². The molecule has 1 aromatic heterocycles. The van der Waals surface area contributed by atoms with Crippen LogP contribution in [-0.4, -0.2) is 40.4 Å². The molecule has 1 heterocycles. The van der Waals surface area contributed by atoms with E-state index in [0.29, 0.717) is 41.5 Å². The molecule has 34 heavy (non-hydrogen) atoms. The second-order valence-corrected chi connectivity index (χ2v) is 8.76. The minimum Gasteiger partial charge on any atom is -0.477 e. The van der Waals surface area contributed by atoms with Crippen molar-refractivity contribution in [2.75, 3.05) is 11.9 Å². The van der Waals surface area contributed by atoms with Crippen molar-refractivity contribution in [2.45, 2.75) is 45.8 Å². The van der Waals surface area contributed by atoms with Gasteiger partial charge in [-0.2, -0.15) is 0 Å². The van der Waals surface area contributed by atoms with E-state index in [1.165, 1.54) is 0 Å². The highest BCUT2D eigenvalue weighted by molar-refractivity contribution is 5.99. The third kappa shape index (κ3) is 6.99. The summed E-state index contributed by atoms with van der Waals surface area (Å²) in [6.07, 6.45) is -0.228. The number of fused-ring (bicyclic) bond motifs is 1. The first kappa shape index (κ1) is 24.6. The minimum absolute atomic E-state index is 0.0797. The zero-order chi connectivity index (χ0) is 24.7. The van der Waals surface area contributed by atoms with E-state index in [9.17, 15) is 19.5 Å². The van der Waals surface area contributed by atoms with E-state index in [0.717, 1.165) is 5.56 Å². The minimum atomic E-state index is -1.08. The van der Waals surface area contributed by atoms with Gasteiger partial charge < -0.3 is 24.9 Å². The van der Waals surface area contributed by atoms with Gasteiger partial charge in [0.15, 0.2) is 0 Å². The lowest BCUT2D eigenvalue weighted by molar-refractivity contribution is 0.0526. The van der Waals surface area contributed by atoms with E-state index in [-0.39, 0.29) is 12.3 Å². The van der Waals surface area contributed by atoms with E-state index in [1.807, 2.05) is 30.3 Å². The quantitative estimate of drug-likeness (QED) is 0.342. The molecule has 4 N–H and O–H groups in total. The summed E-state index contributed by atoms with van der Waals surface area (Å²) in [5, 5.41) is 15.6. The molecule has 0 atom stereocenters. The molecule has 3 aromatic rings. The van der Waals surface area contributed by atoms with Crippen molar-refractivity contribution < 1.29 is 29.0 Å². The number of aryl methyl sites for hydroxylation is 1. The maximum absolute atomic E-state index is 12.2. The topological polar surface area (TPSA) is 130 Å². The van der Waals surface area contributed by atoms with Crippen LogP contribution in [0.4, 0.5) is 15.3 Å². The summed E-state index contributed by atoms with van der Waals surface area (Å²) >= 11 is 0. The average molecular weight is 468 g/mol. The molecule has 0 radical (unpaired) electrons. The van der Waals surface area contributed by atoms with Crippen LogP contribution in [0.5, 0.6) is 0 Å². The Morgan fingerprint density at radius 2 is 1.76 bits per heavy atom. The molecule has 2 aromatic carbocycles. The van der Waals surface area contributed by atoms with Gasteiger partial charge in [-0.05, 0) is 62.9 Å². The number of alkyl carbamates (subject to hydrolysis) is 1. The number of aromatic nitrogens is 1. The van der Waals surface area contributed by atoms with Gasteiger partial charge in [-0.15, -0.1) is 0 Å². The van der Waals surface area contributed by atoms with E-state index >= 15 is 0 Å². The Kier molecular flexibility index (Phi) is 7.78. The van der Waals surface area contributed by atoms with Gasteiger partial charge >= 0.3 is 18.2 Å². The normalized spacial score (nSPS) is 11.1. The number of anilines is 1. The zero-order valence-electron chi connectivity index (χ0n) is 19.4.